The first-order valence-corrected chi connectivity index (χ1v) is 11.7. The lowest BCUT2D eigenvalue weighted by Gasteiger charge is -2.12. The molecule has 0 spiro atoms. The summed E-state index contributed by atoms with van der Waals surface area (Å²) >= 11 is 5.90. The lowest BCUT2D eigenvalue weighted by molar-refractivity contribution is -0.112. The monoisotopic (exact) mass is 490 g/mol. The van der Waals surface area contributed by atoms with E-state index in [2.05, 4.69) is 5.32 Å². The number of hydrogen-bond acceptors (Lipinski definition) is 5. The van der Waals surface area contributed by atoms with Gasteiger partial charge in [0.15, 0.2) is 11.5 Å². The van der Waals surface area contributed by atoms with Crippen molar-refractivity contribution >= 4 is 29.3 Å². The van der Waals surface area contributed by atoms with E-state index in [1.165, 1.54) is 6.08 Å². The van der Waals surface area contributed by atoms with Gasteiger partial charge in [0.05, 0.1) is 13.2 Å². The van der Waals surface area contributed by atoms with Crippen LogP contribution in [0.15, 0.2) is 72.3 Å². The first-order valence-electron chi connectivity index (χ1n) is 11.3. The van der Waals surface area contributed by atoms with Crippen molar-refractivity contribution in [2.75, 3.05) is 18.5 Å². The Morgan fingerprint density at radius 3 is 2.37 bits per heavy atom. The number of benzene rings is 3. The Morgan fingerprint density at radius 2 is 1.71 bits per heavy atom. The van der Waals surface area contributed by atoms with Gasteiger partial charge in [0.2, 0.25) is 0 Å². The normalized spacial score (nSPS) is 10.9. The molecule has 1 N–H and O–H groups in total. The van der Waals surface area contributed by atoms with Crippen LogP contribution in [0.1, 0.15) is 31.4 Å². The zero-order valence-corrected chi connectivity index (χ0v) is 20.5. The lowest BCUT2D eigenvalue weighted by atomic mass is 10.1. The molecule has 6 nitrogen and oxygen atoms in total. The Morgan fingerprint density at radius 1 is 0.971 bits per heavy atom. The second-order valence-corrected chi connectivity index (χ2v) is 7.99. The van der Waals surface area contributed by atoms with Crippen molar-refractivity contribution in [2.45, 2.75) is 26.9 Å². The van der Waals surface area contributed by atoms with Gasteiger partial charge in [-0.05, 0) is 79.1 Å². The smallest absolute Gasteiger partial charge is 0.266 e. The molecular formula is C28H27ClN2O4. The quantitative estimate of drug-likeness (QED) is 0.240. The van der Waals surface area contributed by atoms with Crippen LogP contribution >= 0.6 is 11.6 Å². The molecule has 0 saturated carbocycles. The van der Waals surface area contributed by atoms with E-state index >= 15 is 0 Å². The van der Waals surface area contributed by atoms with Crippen LogP contribution in [0.2, 0.25) is 5.02 Å². The Balaban J connectivity index is 1.65. The van der Waals surface area contributed by atoms with Gasteiger partial charge in [-0.25, -0.2) is 0 Å². The van der Waals surface area contributed by atoms with E-state index in [0.29, 0.717) is 53.3 Å². The van der Waals surface area contributed by atoms with E-state index in [1.54, 1.807) is 42.5 Å². The van der Waals surface area contributed by atoms with Gasteiger partial charge in [0.1, 0.15) is 24.0 Å². The van der Waals surface area contributed by atoms with Gasteiger partial charge in [0.25, 0.3) is 5.91 Å². The van der Waals surface area contributed by atoms with E-state index in [4.69, 9.17) is 25.8 Å². The number of carbonyl (C=O) groups excluding carboxylic acids is 1. The lowest BCUT2D eigenvalue weighted by Crippen LogP contribution is -2.13. The summed E-state index contributed by atoms with van der Waals surface area (Å²) in [6.07, 6.45) is 2.40. The highest BCUT2D eigenvalue weighted by molar-refractivity contribution is 6.30. The fraction of sp³-hybridized carbons (Fsp3) is 0.214. The molecule has 0 aliphatic rings. The van der Waals surface area contributed by atoms with Crippen molar-refractivity contribution in [3.05, 3.63) is 88.5 Å². The number of nitrogens with one attached hydrogen (secondary N) is 1. The molecule has 0 saturated heterocycles. The van der Waals surface area contributed by atoms with Crippen molar-refractivity contribution < 1.29 is 19.0 Å². The Labute approximate surface area is 210 Å². The Kier molecular flexibility index (Phi) is 9.58. The average molecular weight is 491 g/mol. The summed E-state index contributed by atoms with van der Waals surface area (Å²) < 4.78 is 17.1. The number of amides is 1. The molecule has 1 amide bonds. The summed E-state index contributed by atoms with van der Waals surface area (Å²) in [5, 5.41) is 13.0. The summed E-state index contributed by atoms with van der Waals surface area (Å²) in [6.45, 7) is 5.36. The second kappa shape index (κ2) is 13.1. The van der Waals surface area contributed by atoms with Crippen molar-refractivity contribution in [3.63, 3.8) is 0 Å². The Hall–Kier alpha value is -3.95. The van der Waals surface area contributed by atoms with Gasteiger partial charge in [-0.1, -0.05) is 36.7 Å². The molecule has 3 rings (SSSR count). The van der Waals surface area contributed by atoms with Crippen molar-refractivity contribution in [1.29, 1.82) is 5.26 Å². The fourth-order valence-corrected chi connectivity index (χ4v) is 3.24. The number of anilines is 1. The summed E-state index contributed by atoms with van der Waals surface area (Å²) in [7, 11) is 0. The third-order valence-electron chi connectivity index (χ3n) is 4.84. The number of halogens is 1. The predicted octanol–water partition coefficient (Wildman–Crippen LogP) is 6.65. The molecule has 0 aromatic heterocycles. The fourth-order valence-electron chi connectivity index (χ4n) is 3.11. The van der Waals surface area contributed by atoms with Crippen LogP contribution in [0.25, 0.3) is 6.08 Å². The number of nitrogens with zero attached hydrogens (tertiary/aromatic N) is 1. The zero-order chi connectivity index (χ0) is 25.0. The summed E-state index contributed by atoms with van der Waals surface area (Å²) in [5.74, 6) is 1.35. The molecule has 180 valence electrons. The highest BCUT2D eigenvalue weighted by Gasteiger charge is 2.12. The van der Waals surface area contributed by atoms with Gasteiger partial charge < -0.3 is 19.5 Å². The number of carbonyl (C=O) groups is 1. The van der Waals surface area contributed by atoms with E-state index in [-0.39, 0.29) is 5.57 Å². The first kappa shape index (κ1) is 25.7. The summed E-state index contributed by atoms with van der Waals surface area (Å²) in [6, 6.07) is 21.7. The molecule has 0 radical (unpaired) electrons. The third-order valence-corrected chi connectivity index (χ3v) is 5.09. The molecule has 0 aliphatic carbocycles. The van der Waals surface area contributed by atoms with Crippen LogP contribution in [0, 0.1) is 11.3 Å². The number of nitriles is 1. The van der Waals surface area contributed by atoms with Gasteiger partial charge in [-0.2, -0.15) is 5.26 Å². The summed E-state index contributed by atoms with van der Waals surface area (Å²) in [5.41, 5.74) is 2.18. The van der Waals surface area contributed by atoms with Gasteiger partial charge in [-0.15, -0.1) is 0 Å². The highest BCUT2D eigenvalue weighted by atomic mass is 35.5. The largest absolute Gasteiger partial charge is 0.490 e. The predicted molar refractivity (Wildman–Crippen MR) is 138 cm³/mol. The Bertz CT molecular complexity index is 1200. The van der Waals surface area contributed by atoms with Gasteiger partial charge in [-0.3, -0.25) is 4.79 Å². The average Bonchev–Trinajstić information content (AvgIpc) is 2.87. The standard InChI is InChI=1S/C28H27ClN2O4/c1-3-15-34-26-14-7-21(17-27(26)33-4-2)16-22(18-30)28(32)31-24-10-12-25(13-11-24)35-19-20-5-8-23(29)9-6-20/h5-14,16-17H,3-4,15,19H2,1-2H3,(H,31,32)/b22-16+. The highest BCUT2D eigenvalue weighted by Crippen LogP contribution is 2.29. The topological polar surface area (TPSA) is 80.6 Å². The molecule has 3 aromatic carbocycles. The van der Waals surface area contributed by atoms with Crippen LogP contribution in [-0.4, -0.2) is 19.1 Å². The van der Waals surface area contributed by atoms with Gasteiger partial charge >= 0.3 is 0 Å². The minimum atomic E-state index is -0.508. The van der Waals surface area contributed by atoms with Crippen molar-refractivity contribution in [1.82, 2.24) is 0 Å². The molecule has 0 atom stereocenters. The maximum Gasteiger partial charge on any atom is 0.266 e. The molecule has 0 fully saturated rings. The molecular weight excluding hydrogens is 464 g/mol. The maximum absolute atomic E-state index is 12.7. The second-order valence-electron chi connectivity index (χ2n) is 7.55. The molecule has 0 unspecified atom stereocenters. The maximum atomic E-state index is 12.7. The zero-order valence-electron chi connectivity index (χ0n) is 19.7. The number of rotatable bonds is 11. The van der Waals surface area contributed by atoms with Crippen LogP contribution in [0.5, 0.6) is 17.2 Å². The summed E-state index contributed by atoms with van der Waals surface area (Å²) in [4.78, 5) is 12.7. The van der Waals surface area contributed by atoms with Crippen molar-refractivity contribution in [3.8, 4) is 23.3 Å². The molecule has 35 heavy (non-hydrogen) atoms. The molecule has 3 aromatic rings. The van der Waals surface area contributed by atoms with E-state index < -0.39 is 5.91 Å². The van der Waals surface area contributed by atoms with Crippen LogP contribution < -0.4 is 19.5 Å². The number of ether oxygens (including phenoxy) is 3. The van der Waals surface area contributed by atoms with Crippen LogP contribution in [0.4, 0.5) is 5.69 Å². The SMILES string of the molecule is CCCOc1ccc(/C=C(\C#N)C(=O)Nc2ccc(OCc3ccc(Cl)cc3)cc2)cc1OCC. The van der Waals surface area contributed by atoms with E-state index in [1.807, 2.05) is 44.2 Å². The molecule has 0 bridgehead atoms. The molecule has 0 heterocycles. The van der Waals surface area contributed by atoms with Gasteiger partial charge in [0, 0.05) is 10.7 Å². The number of hydrogen-bond donors (Lipinski definition) is 1. The van der Waals surface area contributed by atoms with E-state index in [0.717, 1.165) is 12.0 Å². The minimum Gasteiger partial charge on any atom is -0.490 e. The van der Waals surface area contributed by atoms with Crippen LogP contribution in [-0.2, 0) is 11.4 Å². The van der Waals surface area contributed by atoms with E-state index in [9.17, 15) is 10.1 Å². The van der Waals surface area contributed by atoms with Crippen molar-refractivity contribution in [2.24, 2.45) is 0 Å². The van der Waals surface area contributed by atoms with Crippen LogP contribution in [0.3, 0.4) is 0 Å². The first-order chi connectivity index (χ1) is 17.0. The minimum absolute atomic E-state index is 0.0299. The third kappa shape index (κ3) is 7.80. The molecule has 7 heteroatoms. The molecule has 0 aliphatic heterocycles.